The minimum Gasteiger partial charge on any atom is -0.481 e. The van der Waals surface area contributed by atoms with Gasteiger partial charge >= 0.3 is 11.9 Å². The van der Waals surface area contributed by atoms with Crippen LogP contribution in [0.5, 0.6) is 0 Å². The summed E-state index contributed by atoms with van der Waals surface area (Å²) in [4.78, 5) is 38.6. The van der Waals surface area contributed by atoms with Crippen LogP contribution in [-0.4, -0.2) is 41.8 Å². The van der Waals surface area contributed by atoms with Crippen molar-refractivity contribution in [2.75, 3.05) is 11.9 Å². The molecular formula is C21H27NO6S. The molecule has 1 aliphatic carbocycles. The smallest absolute Gasteiger partial charge is 0.341 e. The molecule has 0 saturated carbocycles. The number of nitrogens with one attached hydrogen (secondary N) is 1. The average Bonchev–Trinajstić information content (AvgIpc) is 3.39. The fraction of sp³-hybridized carbons (Fsp3) is 0.667. The molecule has 8 heteroatoms. The normalized spacial score (nSPS) is 30.1. The molecule has 29 heavy (non-hydrogen) atoms. The lowest BCUT2D eigenvalue weighted by atomic mass is 9.78. The van der Waals surface area contributed by atoms with Gasteiger partial charge in [0.1, 0.15) is 5.00 Å². The zero-order valence-electron chi connectivity index (χ0n) is 16.7. The maximum absolute atomic E-state index is 13.1. The minimum atomic E-state index is -1.00. The van der Waals surface area contributed by atoms with Crippen LogP contribution in [0.15, 0.2) is 0 Å². The van der Waals surface area contributed by atoms with E-state index in [1.54, 1.807) is 6.92 Å². The predicted octanol–water partition coefficient (Wildman–Crippen LogP) is 3.26. The van der Waals surface area contributed by atoms with Gasteiger partial charge in [0.2, 0.25) is 5.91 Å². The largest absolute Gasteiger partial charge is 0.481 e. The lowest BCUT2D eigenvalue weighted by Gasteiger charge is -2.23. The van der Waals surface area contributed by atoms with E-state index in [0.717, 1.165) is 36.1 Å². The first kappa shape index (κ1) is 20.3. The van der Waals surface area contributed by atoms with Crippen LogP contribution >= 0.6 is 11.3 Å². The van der Waals surface area contributed by atoms with Crippen molar-refractivity contribution >= 4 is 34.2 Å². The van der Waals surface area contributed by atoms with Crippen molar-refractivity contribution in [2.45, 2.75) is 64.6 Å². The second-order valence-corrected chi connectivity index (χ2v) is 9.22. The molecule has 2 bridgehead atoms. The van der Waals surface area contributed by atoms with Gasteiger partial charge in [0.05, 0.1) is 36.2 Å². The molecule has 2 aliphatic heterocycles. The third-order valence-corrected chi connectivity index (χ3v) is 7.69. The van der Waals surface area contributed by atoms with Crippen LogP contribution in [0, 0.1) is 17.8 Å². The van der Waals surface area contributed by atoms with Gasteiger partial charge in [-0.3, -0.25) is 9.59 Å². The Morgan fingerprint density at radius 2 is 1.90 bits per heavy atom. The quantitative estimate of drug-likeness (QED) is 0.684. The molecule has 2 N–H and O–H groups in total. The highest BCUT2D eigenvalue weighted by Crippen LogP contribution is 2.45. The molecule has 1 aromatic rings. The predicted molar refractivity (Wildman–Crippen MR) is 107 cm³/mol. The minimum absolute atomic E-state index is 0.260. The number of carbonyl (C=O) groups excluding carboxylic acids is 2. The molecule has 0 aromatic carbocycles. The molecule has 5 atom stereocenters. The summed E-state index contributed by atoms with van der Waals surface area (Å²) in [6, 6.07) is 0. The number of thiophene rings is 1. The molecule has 0 unspecified atom stereocenters. The average molecular weight is 422 g/mol. The molecule has 4 rings (SSSR count). The number of anilines is 1. The molecule has 0 spiro atoms. The monoisotopic (exact) mass is 421 g/mol. The van der Waals surface area contributed by atoms with Gasteiger partial charge in [-0.15, -0.1) is 11.3 Å². The summed E-state index contributed by atoms with van der Waals surface area (Å²) in [6.45, 7) is 4.18. The number of carbonyl (C=O) groups is 3. The van der Waals surface area contributed by atoms with Crippen molar-refractivity contribution in [3.8, 4) is 0 Å². The number of hydrogen-bond donors (Lipinski definition) is 2. The molecule has 7 nitrogen and oxygen atoms in total. The Hall–Kier alpha value is -1.93. The maximum Gasteiger partial charge on any atom is 0.341 e. The van der Waals surface area contributed by atoms with Gasteiger partial charge in [0.15, 0.2) is 0 Å². The summed E-state index contributed by atoms with van der Waals surface area (Å²) in [5.74, 6) is -2.79. The number of carboxylic acid groups (broad SMARTS) is 1. The molecule has 2 fully saturated rings. The Kier molecular flexibility index (Phi) is 5.66. The second kappa shape index (κ2) is 8.07. The van der Waals surface area contributed by atoms with E-state index in [4.69, 9.17) is 9.47 Å². The molecule has 3 heterocycles. The van der Waals surface area contributed by atoms with Crippen LogP contribution in [0.1, 0.15) is 60.3 Å². The lowest BCUT2D eigenvalue weighted by Crippen LogP contribution is -2.41. The lowest BCUT2D eigenvalue weighted by molar-refractivity contribution is -0.147. The third kappa shape index (κ3) is 3.57. The fourth-order valence-electron chi connectivity index (χ4n) is 5.03. The van der Waals surface area contributed by atoms with Crippen molar-refractivity contribution < 1.29 is 29.0 Å². The summed E-state index contributed by atoms with van der Waals surface area (Å²) >= 11 is 1.43. The van der Waals surface area contributed by atoms with Crippen LogP contribution in [-0.2, 0) is 31.9 Å². The third-order valence-electron chi connectivity index (χ3n) is 6.52. The van der Waals surface area contributed by atoms with Crippen molar-refractivity contribution in [1.29, 1.82) is 0 Å². The van der Waals surface area contributed by atoms with Gasteiger partial charge in [0, 0.05) is 4.88 Å². The van der Waals surface area contributed by atoms with E-state index in [1.165, 1.54) is 11.3 Å². The zero-order valence-corrected chi connectivity index (χ0v) is 17.5. The van der Waals surface area contributed by atoms with Crippen LogP contribution < -0.4 is 5.32 Å². The number of amides is 1. The Labute approximate surface area is 173 Å². The van der Waals surface area contributed by atoms with Crippen molar-refractivity contribution in [3.63, 3.8) is 0 Å². The van der Waals surface area contributed by atoms with Gasteiger partial charge in [-0.25, -0.2) is 4.79 Å². The number of ether oxygens (including phenoxy) is 2. The van der Waals surface area contributed by atoms with Crippen molar-refractivity contribution in [3.05, 3.63) is 16.0 Å². The number of carboxylic acids is 1. The van der Waals surface area contributed by atoms with E-state index in [0.29, 0.717) is 29.3 Å². The van der Waals surface area contributed by atoms with Crippen LogP contribution in [0.25, 0.3) is 0 Å². The van der Waals surface area contributed by atoms with Crippen molar-refractivity contribution in [1.82, 2.24) is 0 Å². The van der Waals surface area contributed by atoms with E-state index >= 15 is 0 Å². The summed E-state index contributed by atoms with van der Waals surface area (Å²) in [5.41, 5.74) is 1.43. The molecular weight excluding hydrogens is 394 g/mol. The maximum atomic E-state index is 13.1. The van der Waals surface area contributed by atoms with E-state index in [9.17, 15) is 19.5 Å². The highest BCUT2D eigenvalue weighted by molar-refractivity contribution is 7.17. The van der Waals surface area contributed by atoms with Gasteiger partial charge in [-0.1, -0.05) is 13.3 Å². The molecule has 0 radical (unpaired) electrons. The van der Waals surface area contributed by atoms with E-state index < -0.39 is 29.9 Å². The zero-order chi connectivity index (χ0) is 20.7. The molecule has 158 valence electrons. The number of hydrogen-bond acceptors (Lipinski definition) is 6. The Balaban J connectivity index is 1.62. The highest BCUT2D eigenvalue weighted by atomic mass is 32.1. The molecule has 1 aromatic heterocycles. The number of esters is 1. The van der Waals surface area contributed by atoms with E-state index in [2.05, 4.69) is 12.2 Å². The summed E-state index contributed by atoms with van der Waals surface area (Å²) < 4.78 is 11.0. The van der Waals surface area contributed by atoms with Gasteiger partial charge < -0.3 is 19.9 Å². The topological polar surface area (TPSA) is 102 Å². The Morgan fingerprint density at radius 1 is 1.17 bits per heavy atom. The molecule has 2 saturated heterocycles. The number of rotatable bonds is 6. The highest BCUT2D eigenvalue weighted by Gasteiger charge is 2.55. The first-order valence-electron chi connectivity index (χ1n) is 10.4. The fourth-order valence-corrected chi connectivity index (χ4v) is 6.38. The standard InChI is InChI=1S/C21H27NO6S/c1-3-10-5-6-11-14(9-10)29-19(15(11)21(26)27-4-2)22-18(23)16-12-7-8-13(28-12)17(16)20(24)25/h10,12-13,16-17H,3-9H2,1-2H3,(H,22,23)(H,24,25)/t10-,12+,13+,16+,17+/m0/s1. The Morgan fingerprint density at radius 3 is 2.55 bits per heavy atom. The van der Waals surface area contributed by atoms with Crippen molar-refractivity contribution in [2.24, 2.45) is 17.8 Å². The second-order valence-electron chi connectivity index (χ2n) is 8.11. The number of fused-ring (bicyclic) bond motifs is 3. The van der Waals surface area contributed by atoms with Gasteiger partial charge in [-0.05, 0) is 50.5 Å². The molecule has 1 amide bonds. The van der Waals surface area contributed by atoms with Crippen LogP contribution in [0.3, 0.4) is 0 Å². The number of aliphatic carboxylic acids is 1. The summed E-state index contributed by atoms with van der Waals surface area (Å²) in [5, 5.41) is 13.0. The van der Waals surface area contributed by atoms with E-state index in [1.807, 2.05) is 0 Å². The van der Waals surface area contributed by atoms with Gasteiger partial charge in [0.25, 0.3) is 0 Å². The Bertz CT molecular complexity index is 833. The SMILES string of the molecule is CCOC(=O)c1c(NC(=O)[C@H]2[C@H](C(=O)O)[C@H]3CC[C@H]2O3)sc2c1CC[C@H](CC)C2. The van der Waals surface area contributed by atoms with E-state index in [-0.39, 0.29) is 18.6 Å². The van der Waals surface area contributed by atoms with Crippen LogP contribution in [0.2, 0.25) is 0 Å². The first-order valence-corrected chi connectivity index (χ1v) is 11.3. The first-order chi connectivity index (χ1) is 13.9. The van der Waals surface area contributed by atoms with Gasteiger partial charge in [-0.2, -0.15) is 0 Å². The van der Waals surface area contributed by atoms with Crippen LogP contribution in [0.4, 0.5) is 5.00 Å². The summed E-state index contributed by atoms with van der Waals surface area (Å²) in [7, 11) is 0. The molecule has 3 aliphatic rings. The summed E-state index contributed by atoms with van der Waals surface area (Å²) in [6.07, 6.45) is 4.38.